The van der Waals surface area contributed by atoms with Crippen LogP contribution < -0.4 is 4.74 Å². The van der Waals surface area contributed by atoms with Crippen molar-refractivity contribution in [3.63, 3.8) is 0 Å². The molecule has 5 nitrogen and oxygen atoms in total. The number of benzene rings is 2. The number of aromatic hydroxyl groups is 1. The maximum atomic E-state index is 11.7. The molecular formula is C22H30O5S. The van der Waals surface area contributed by atoms with Gasteiger partial charge in [0.15, 0.2) is 11.5 Å². The van der Waals surface area contributed by atoms with Gasteiger partial charge in [0.05, 0.1) is 0 Å². The Morgan fingerprint density at radius 2 is 1.46 bits per heavy atom. The molecule has 28 heavy (non-hydrogen) atoms. The molecule has 2 aromatic rings. The first-order valence-electron chi connectivity index (χ1n) is 9.98. The second kappa shape index (κ2) is 11.1. The second-order valence-electron chi connectivity index (χ2n) is 7.02. The third-order valence-corrected chi connectivity index (χ3v) is 5.60. The van der Waals surface area contributed by atoms with Crippen molar-refractivity contribution in [3.8, 4) is 17.2 Å². The quantitative estimate of drug-likeness (QED) is 0.328. The Morgan fingerprint density at radius 1 is 0.857 bits per heavy atom. The van der Waals surface area contributed by atoms with Crippen molar-refractivity contribution in [1.29, 1.82) is 0 Å². The molecule has 0 atom stereocenters. The molecule has 0 bridgehead atoms. The van der Waals surface area contributed by atoms with Gasteiger partial charge in [0.25, 0.3) is 10.1 Å². The molecule has 0 unspecified atom stereocenters. The maximum absolute atomic E-state index is 11.7. The average molecular weight is 407 g/mol. The highest BCUT2D eigenvalue weighted by atomic mass is 32.2. The van der Waals surface area contributed by atoms with Crippen LogP contribution in [0.5, 0.6) is 17.2 Å². The van der Waals surface area contributed by atoms with Crippen LogP contribution in [-0.4, -0.2) is 18.1 Å². The topological polar surface area (TPSA) is 83.8 Å². The molecule has 6 heteroatoms. The lowest BCUT2D eigenvalue weighted by molar-refractivity contribution is 0.392. The second-order valence-corrected chi connectivity index (χ2v) is 8.41. The lowest BCUT2D eigenvalue weighted by Gasteiger charge is -2.14. The molecule has 0 aromatic heterocycles. The van der Waals surface area contributed by atoms with Crippen LogP contribution in [0.2, 0.25) is 0 Å². The van der Waals surface area contributed by atoms with E-state index >= 15 is 0 Å². The van der Waals surface area contributed by atoms with Crippen molar-refractivity contribution < 1.29 is 22.8 Å². The van der Waals surface area contributed by atoms with Gasteiger partial charge < -0.3 is 9.84 Å². The minimum absolute atomic E-state index is 0.231. The van der Waals surface area contributed by atoms with Crippen molar-refractivity contribution in [2.75, 3.05) is 0 Å². The van der Waals surface area contributed by atoms with Gasteiger partial charge in [-0.1, -0.05) is 76.1 Å². The Bertz CT molecular complexity index is 832. The van der Waals surface area contributed by atoms with E-state index in [-0.39, 0.29) is 11.5 Å². The zero-order valence-electron chi connectivity index (χ0n) is 16.4. The predicted molar refractivity (Wildman–Crippen MR) is 111 cm³/mol. The lowest BCUT2D eigenvalue weighted by Crippen LogP contribution is -2.03. The SMILES string of the molecule is CCCCCCCCCCc1ccc(S(=O)(=O)O)c(Oc2ccccc2)c1O. The first-order chi connectivity index (χ1) is 13.4. The number of unbranched alkanes of at least 4 members (excludes halogenated alkanes) is 7. The van der Waals surface area contributed by atoms with Crippen molar-refractivity contribution >= 4 is 10.1 Å². The molecule has 0 radical (unpaired) electrons. The highest BCUT2D eigenvalue weighted by Gasteiger charge is 2.23. The summed E-state index contributed by atoms with van der Waals surface area (Å²) in [7, 11) is -4.52. The summed E-state index contributed by atoms with van der Waals surface area (Å²) < 4.78 is 38.4. The fraction of sp³-hybridized carbons (Fsp3) is 0.455. The lowest BCUT2D eigenvalue weighted by atomic mass is 10.0. The van der Waals surface area contributed by atoms with Gasteiger partial charge >= 0.3 is 0 Å². The van der Waals surface area contributed by atoms with Gasteiger partial charge in [0.1, 0.15) is 10.6 Å². The molecule has 0 fully saturated rings. The molecule has 0 saturated carbocycles. The Morgan fingerprint density at radius 3 is 2.07 bits per heavy atom. The van der Waals surface area contributed by atoms with Gasteiger partial charge in [0.2, 0.25) is 0 Å². The minimum atomic E-state index is -4.52. The third-order valence-electron chi connectivity index (χ3n) is 4.72. The van der Waals surface area contributed by atoms with Crippen LogP contribution in [0, 0.1) is 0 Å². The largest absolute Gasteiger partial charge is 0.504 e. The van der Waals surface area contributed by atoms with Crippen LogP contribution in [0.15, 0.2) is 47.4 Å². The van der Waals surface area contributed by atoms with E-state index in [0.29, 0.717) is 17.7 Å². The van der Waals surface area contributed by atoms with Crippen LogP contribution in [-0.2, 0) is 16.5 Å². The third kappa shape index (κ3) is 6.84. The van der Waals surface area contributed by atoms with E-state index in [2.05, 4.69) is 6.92 Å². The van der Waals surface area contributed by atoms with Crippen molar-refractivity contribution in [2.45, 2.75) is 69.6 Å². The van der Waals surface area contributed by atoms with Crippen LogP contribution in [0.1, 0.15) is 63.9 Å². The molecule has 2 rings (SSSR count). The predicted octanol–water partition coefficient (Wildman–Crippen LogP) is 6.11. The fourth-order valence-electron chi connectivity index (χ4n) is 3.15. The molecule has 154 valence electrons. The van der Waals surface area contributed by atoms with Gasteiger partial charge in [0, 0.05) is 0 Å². The summed E-state index contributed by atoms with van der Waals surface area (Å²) in [5.41, 5.74) is 0.615. The van der Waals surface area contributed by atoms with Crippen LogP contribution >= 0.6 is 0 Å². The molecule has 2 aromatic carbocycles. The first-order valence-corrected chi connectivity index (χ1v) is 11.4. The molecule has 0 amide bonds. The van der Waals surface area contributed by atoms with Crippen LogP contribution in [0.4, 0.5) is 0 Å². The van der Waals surface area contributed by atoms with Gasteiger partial charge in [-0.2, -0.15) is 8.42 Å². The van der Waals surface area contributed by atoms with Gasteiger partial charge in [-0.25, -0.2) is 0 Å². The Kier molecular flexibility index (Phi) is 8.80. The monoisotopic (exact) mass is 406 g/mol. The molecule has 0 heterocycles. The van der Waals surface area contributed by atoms with Gasteiger partial charge in [-0.05, 0) is 36.6 Å². The van der Waals surface area contributed by atoms with Crippen LogP contribution in [0.3, 0.4) is 0 Å². The van der Waals surface area contributed by atoms with Gasteiger partial charge in [-0.3, -0.25) is 4.55 Å². The van der Waals surface area contributed by atoms with E-state index in [4.69, 9.17) is 4.74 Å². The summed E-state index contributed by atoms with van der Waals surface area (Å²) >= 11 is 0. The summed E-state index contributed by atoms with van der Waals surface area (Å²) in [6.45, 7) is 2.20. The Hall–Kier alpha value is -2.05. The minimum Gasteiger partial charge on any atom is -0.504 e. The van der Waals surface area contributed by atoms with Crippen molar-refractivity contribution in [2.24, 2.45) is 0 Å². The molecule has 0 aliphatic rings. The number of ether oxygens (including phenoxy) is 1. The number of phenols is 1. The first kappa shape index (κ1) is 22.2. The van der Waals surface area contributed by atoms with E-state index in [1.54, 1.807) is 30.3 Å². The molecular weight excluding hydrogens is 376 g/mol. The van der Waals surface area contributed by atoms with Crippen LogP contribution in [0.25, 0.3) is 0 Å². The number of hydrogen-bond donors (Lipinski definition) is 2. The van der Waals surface area contributed by atoms with E-state index in [1.165, 1.54) is 44.2 Å². The normalized spacial score (nSPS) is 11.5. The summed E-state index contributed by atoms with van der Waals surface area (Å²) in [5.74, 6) is -0.0837. The molecule has 0 spiro atoms. The Balaban J connectivity index is 2.04. The maximum Gasteiger partial charge on any atom is 0.298 e. The number of phenolic OH excluding ortho intramolecular Hbond substituents is 1. The van der Waals surface area contributed by atoms with E-state index in [0.717, 1.165) is 19.3 Å². The fourth-order valence-corrected chi connectivity index (χ4v) is 3.77. The van der Waals surface area contributed by atoms with E-state index in [1.807, 2.05) is 0 Å². The zero-order valence-corrected chi connectivity index (χ0v) is 17.2. The summed E-state index contributed by atoms with van der Waals surface area (Å²) in [6.07, 6.45) is 10.0. The van der Waals surface area contributed by atoms with E-state index in [9.17, 15) is 18.1 Å². The number of aryl methyl sites for hydroxylation is 1. The van der Waals surface area contributed by atoms with Crippen molar-refractivity contribution in [3.05, 3.63) is 48.0 Å². The van der Waals surface area contributed by atoms with Gasteiger partial charge in [-0.15, -0.1) is 0 Å². The molecule has 0 saturated heterocycles. The summed E-state index contributed by atoms with van der Waals surface area (Å²) in [6, 6.07) is 11.4. The standard InChI is InChI=1S/C22H30O5S/c1-2-3-4-5-6-7-8-10-13-18-16-17-20(28(24,25)26)22(21(18)23)27-19-14-11-9-12-15-19/h9,11-12,14-17,23H,2-8,10,13H2,1H3,(H,24,25,26). The number of para-hydroxylation sites is 1. The number of hydrogen-bond acceptors (Lipinski definition) is 4. The molecule has 2 N–H and O–H groups in total. The zero-order chi connectivity index (χ0) is 20.4. The Labute approximate surface area is 168 Å². The highest BCUT2D eigenvalue weighted by Crippen LogP contribution is 2.40. The average Bonchev–Trinajstić information content (AvgIpc) is 2.66. The molecule has 0 aliphatic heterocycles. The highest BCUT2D eigenvalue weighted by molar-refractivity contribution is 7.86. The van der Waals surface area contributed by atoms with E-state index < -0.39 is 15.0 Å². The smallest absolute Gasteiger partial charge is 0.298 e. The summed E-state index contributed by atoms with van der Waals surface area (Å²) in [5, 5.41) is 10.6. The number of rotatable bonds is 12. The summed E-state index contributed by atoms with van der Waals surface area (Å²) in [4.78, 5) is -0.437. The molecule has 0 aliphatic carbocycles. The van der Waals surface area contributed by atoms with Crippen molar-refractivity contribution in [1.82, 2.24) is 0 Å².